The highest BCUT2D eigenvalue weighted by Crippen LogP contribution is 2.25. The van der Waals surface area contributed by atoms with E-state index in [1.807, 2.05) is 6.20 Å². The van der Waals surface area contributed by atoms with Crippen molar-refractivity contribution in [3.63, 3.8) is 0 Å². The number of nitrogens with one attached hydrogen (secondary N) is 1. The Bertz CT molecular complexity index is 574. The van der Waals surface area contributed by atoms with E-state index in [4.69, 9.17) is 5.11 Å². The van der Waals surface area contributed by atoms with Crippen LogP contribution in [0.3, 0.4) is 0 Å². The maximum atomic E-state index is 9.06. The van der Waals surface area contributed by atoms with E-state index in [2.05, 4.69) is 30.2 Å². The molecule has 0 unspecified atom stereocenters. The quantitative estimate of drug-likeness (QED) is 0.857. The van der Waals surface area contributed by atoms with Crippen molar-refractivity contribution in [3.05, 3.63) is 36.5 Å². The standard InChI is InChI=1S/C15H20N6O/c22-8-7-21-6-1-3-12(11-21)13-9-19-14(10-18-13)20-15-16-4-2-5-17-15/h2,4-5,9-10,12,22H,1,3,6-8,11H2,(H,16,17,19,20)/t12-/m1/s1. The van der Waals surface area contributed by atoms with Crippen LogP contribution in [-0.4, -0.2) is 56.2 Å². The maximum Gasteiger partial charge on any atom is 0.228 e. The first-order chi connectivity index (χ1) is 10.8. The number of hydrogen-bond acceptors (Lipinski definition) is 7. The molecule has 0 saturated carbocycles. The molecule has 2 aromatic rings. The molecule has 1 aliphatic rings. The molecule has 0 amide bonds. The van der Waals surface area contributed by atoms with E-state index in [1.54, 1.807) is 24.7 Å². The molecule has 1 aliphatic heterocycles. The van der Waals surface area contributed by atoms with Crippen molar-refractivity contribution in [2.24, 2.45) is 0 Å². The van der Waals surface area contributed by atoms with Crippen molar-refractivity contribution in [3.8, 4) is 0 Å². The molecule has 116 valence electrons. The molecule has 0 spiro atoms. The number of β-amino-alcohol motifs (C(OH)–C–C–N with tert-alkyl or cyclic N) is 1. The summed E-state index contributed by atoms with van der Waals surface area (Å²) in [7, 11) is 0. The molecule has 3 heterocycles. The number of aliphatic hydroxyl groups excluding tert-OH is 1. The number of nitrogens with zero attached hydrogens (tertiary/aromatic N) is 5. The lowest BCUT2D eigenvalue weighted by Crippen LogP contribution is -2.36. The molecule has 22 heavy (non-hydrogen) atoms. The van der Waals surface area contributed by atoms with Gasteiger partial charge in [-0.3, -0.25) is 4.98 Å². The third-order valence-corrected chi connectivity index (χ3v) is 3.82. The first-order valence-corrected chi connectivity index (χ1v) is 7.54. The van der Waals surface area contributed by atoms with Gasteiger partial charge in [-0.15, -0.1) is 0 Å². The smallest absolute Gasteiger partial charge is 0.228 e. The summed E-state index contributed by atoms with van der Waals surface area (Å²) in [4.78, 5) is 19.4. The number of likely N-dealkylation sites (tertiary alicyclic amines) is 1. The fourth-order valence-electron chi connectivity index (χ4n) is 2.73. The Morgan fingerprint density at radius 3 is 2.77 bits per heavy atom. The topological polar surface area (TPSA) is 87.1 Å². The molecule has 1 saturated heterocycles. The van der Waals surface area contributed by atoms with Crippen molar-refractivity contribution >= 4 is 11.8 Å². The summed E-state index contributed by atoms with van der Waals surface area (Å²) in [6, 6.07) is 1.77. The van der Waals surface area contributed by atoms with Crippen molar-refractivity contribution in [2.45, 2.75) is 18.8 Å². The van der Waals surface area contributed by atoms with Crippen molar-refractivity contribution in [1.82, 2.24) is 24.8 Å². The van der Waals surface area contributed by atoms with Gasteiger partial charge in [-0.05, 0) is 25.5 Å². The van der Waals surface area contributed by atoms with Gasteiger partial charge >= 0.3 is 0 Å². The molecule has 3 rings (SSSR count). The minimum atomic E-state index is 0.207. The number of hydrogen-bond donors (Lipinski definition) is 2. The van der Waals surface area contributed by atoms with E-state index >= 15 is 0 Å². The third-order valence-electron chi connectivity index (χ3n) is 3.82. The van der Waals surface area contributed by atoms with E-state index in [1.165, 1.54) is 0 Å². The molecule has 1 fully saturated rings. The Hall–Kier alpha value is -2.12. The van der Waals surface area contributed by atoms with Crippen LogP contribution < -0.4 is 5.32 Å². The third kappa shape index (κ3) is 3.75. The summed E-state index contributed by atoms with van der Waals surface area (Å²) in [5.74, 6) is 1.53. The SMILES string of the molecule is OCCN1CCC[C@@H](c2cnc(Nc3ncccn3)cn2)C1. The normalized spacial score (nSPS) is 19.0. The Labute approximate surface area is 129 Å². The van der Waals surface area contributed by atoms with Gasteiger partial charge in [-0.1, -0.05) is 0 Å². The van der Waals surface area contributed by atoms with Crippen LogP contribution in [0.25, 0.3) is 0 Å². The highest BCUT2D eigenvalue weighted by Gasteiger charge is 2.22. The summed E-state index contributed by atoms with van der Waals surface area (Å²) in [6.07, 6.45) is 9.13. The second-order valence-corrected chi connectivity index (χ2v) is 5.39. The van der Waals surface area contributed by atoms with Crippen LogP contribution in [0, 0.1) is 0 Å². The Balaban J connectivity index is 1.63. The number of aliphatic hydroxyl groups is 1. The van der Waals surface area contributed by atoms with Crippen LogP contribution in [-0.2, 0) is 0 Å². The van der Waals surface area contributed by atoms with Gasteiger partial charge in [0.15, 0.2) is 5.82 Å². The fourth-order valence-corrected chi connectivity index (χ4v) is 2.73. The van der Waals surface area contributed by atoms with Crippen LogP contribution in [0.2, 0.25) is 0 Å². The largest absolute Gasteiger partial charge is 0.395 e. The van der Waals surface area contributed by atoms with Gasteiger partial charge in [0.25, 0.3) is 0 Å². The zero-order valence-electron chi connectivity index (χ0n) is 12.4. The zero-order chi connectivity index (χ0) is 15.2. The lowest BCUT2D eigenvalue weighted by Gasteiger charge is -2.31. The second-order valence-electron chi connectivity index (χ2n) is 5.39. The van der Waals surface area contributed by atoms with Gasteiger partial charge in [0.1, 0.15) is 0 Å². The van der Waals surface area contributed by atoms with Crippen molar-refractivity contribution in [2.75, 3.05) is 31.6 Å². The second kappa shape index (κ2) is 7.24. The number of anilines is 2. The first-order valence-electron chi connectivity index (χ1n) is 7.54. The van der Waals surface area contributed by atoms with Crippen LogP contribution in [0.5, 0.6) is 0 Å². The van der Waals surface area contributed by atoms with E-state index in [0.717, 1.165) is 38.2 Å². The Kier molecular flexibility index (Phi) is 4.87. The lowest BCUT2D eigenvalue weighted by molar-refractivity contribution is 0.160. The van der Waals surface area contributed by atoms with E-state index in [0.29, 0.717) is 17.7 Å². The van der Waals surface area contributed by atoms with Crippen molar-refractivity contribution in [1.29, 1.82) is 0 Å². The summed E-state index contributed by atoms with van der Waals surface area (Å²) in [6.45, 7) is 2.92. The highest BCUT2D eigenvalue weighted by molar-refractivity contribution is 5.45. The van der Waals surface area contributed by atoms with E-state index in [9.17, 15) is 0 Å². The van der Waals surface area contributed by atoms with E-state index in [-0.39, 0.29) is 6.61 Å². The Morgan fingerprint density at radius 1 is 1.18 bits per heavy atom. The van der Waals surface area contributed by atoms with Crippen LogP contribution in [0.1, 0.15) is 24.5 Å². The fraction of sp³-hybridized carbons (Fsp3) is 0.467. The molecule has 1 atom stereocenters. The molecule has 0 bridgehead atoms. The van der Waals surface area contributed by atoms with Gasteiger partial charge in [-0.25, -0.2) is 15.0 Å². The highest BCUT2D eigenvalue weighted by atomic mass is 16.3. The van der Waals surface area contributed by atoms with Gasteiger partial charge in [-0.2, -0.15) is 0 Å². The first kappa shape index (κ1) is 14.8. The molecule has 2 N–H and O–H groups in total. The molecule has 0 aromatic carbocycles. The van der Waals surface area contributed by atoms with Gasteiger partial charge in [0, 0.05) is 31.4 Å². The maximum absolute atomic E-state index is 9.06. The summed E-state index contributed by atoms with van der Waals surface area (Å²) < 4.78 is 0. The monoisotopic (exact) mass is 300 g/mol. The number of rotatable bonds is 5. The zero-order valence-corrected chi connectivity index (χ0v) is 12.4. The van der Waals surface area contributed by atoms with Gasteiger partial charge < -0.3 is 15.3 Å². The van der Waals surface area contributed by atoms with Gasteiger partial charge in [0.2, 0.25) is 5.95 Å². The molecule has 2 aromatic heterocycles. The van der Waals surface area contributed by atoms with Crippen LogP contribution in [0.15, 0.2) is 30.9 Å². The van der Waals surface area contributed by atoms with Crippen molar-refractivity contribution < 1.29 is 5.11 Å². The number of aromatic nitrogens is 4. The molecule has 7 nitrogen and oxygen atoms in total. The van der Waals surface area contributed by atoms with Crippen LogP contribution >= 0.6 is 0 Å². The van der Waals surface area contributed by atoms with E-state index < -0.39 is 0 Å². The minimum Gasteiger partial charge on any atom is -0.395 e. The summed E-state index contributed by atoms with van der Waals surface area (Å²) in [5, 5.41) is 12.1. The molecule has 7 heteroatoms. The van der Waals surface area contributed by atoms with Crippen LogP contribution in [0.4, 0.5) is 11.8 Å². The summed E-state index contributed by atoms with van der Waals surface area (Å²) >= 11 is 0. The predicted octanol–water partition coefficient (Wildman–Crippen LogP) is 1.18. The Morgan fingerprint density at radius 2 is 2.05 bits per heavy atom. The minimum absolute atomic E-state index is 0.207. The molecule has 0 aliphatic carbocycles. The molecular weight excluding hydrogens is 280 g/mol. The average Bonchev–Trinajstić information content (AvgIpc) is 2.57. The molecular formula is C15H20N6O. The lowest BCUT2D eigenvalue weighted by atomic mass is 9.95. The molecule has 0 radical (unpaired) electrons. The number of piperidine rings is 1. The predicted molar refractivity (Wildman–Crippen MR) is 82.8 cm³/mol. The summed E-state index contributed by atoms with van der Waals surface area (Å²) in [5.41, 5.74) is 1.00. The average molecular weight is 300 g/mol. The van der Waals surface area contributed by atoms with Gasteiger partial charge in [0.05, 0.1) is 24.7 Å².